The summed E-state index contributed by atoms with van der Waals surface area (Å²) in [6, 6.07) is 10.6. The number of sulfonamides is 1. The molecule has 0 spiro atoms. The lowest BCUT2D eigenvalue weighted by Crippen LogP contribution is -2.48. The van der Waals surface area contributed by atoms with Crippen LogP contribution in [0.2, 0.25) is 5.02 Å². The maximum Gasteiger partial charge on any atom is 0.243 e. The lowest BCUT2D eigenvalue weighted by atomic mass is 10.0. The molecule has 146 valence electrons. The van der Waals surface area contributed by atoms with Gasteiger partial charge in [-0.1, -0.05) is 28.9 Å². The molecule has 0 amide bonds. The molecular formula is C18H15ClFN3O4S. The largest absolute Gasteiger partial charge is 0.496 e. The Morgan fingerprint density at radius 3 is 2.71 bits per heavy atom. The number of benzene rings is 2. The Balaban J connectivity index is 1.50. The van der Waals surface area contributed by atoms with Gasteiger partial charge in [-0.3, -0.25) is 0 Å². The zero-order valence-electron chi connectivity index (χ0n) is 14.7. The van der Waals surface area contributed by atoms with Gasteiger partial charge < -0.3 is 9.26 Å². The van der Waals surface area contributed by atoms with Gasteiger partial charge in [-0.05, 0) is 30.3 Å². The van der Waals surface area contributed by atoms with E-state index in [2.05, 4.69) is 10.1 Å². The number of hydrogen-bond acceptors (Lipinski definition) is 6. The summed E-state index contributed by atoms with van der Waals surface area (Å²) in [7, 11) is -2.21. The van der Waals surface area contributed by atoms with Crippen molar-refractivity contribution in [3.05, 3.63) is 59.2 Å². The Morgan fingerprint density at radius 2 is 2.00 bits per heavy atom. The van der Waals surface area contributed by atoms with Gasteiger partial charge in [0, 0.05) is 13.1 Å². The Labute approximate surface area is 165 Å². The van der Waals surface area contributed by atoms with Gasteiger partial charge >= 0.3 is 0 Å². The first kappa shape index (κ1) is 18.9. The van der Waals surface area contributed by atoms with Crippen LogP contribution in [0.5, 0.6) is 5.75 Å². The lowest BCUT2D eigenvalue weighted by molar-refractivity contribution is 0.217. The van der Waals surface area contributed by atoms with Crippen LogP contribution >= 0.6 is 11.6 Å². The molecule has 0 bridgehead atoms. The van der Waals surface area contributed by atoms with E-state index < -0.39 is 15.8 Å². The van der Waals surface area contributed by atoms with Crippen molar-refractivity contribution in [3.8, 4) is 17.1 Å². The van der Waals surface area contributed by atoms with Crippen LogP contribution < -0.4 is 4.74 Å². The molecule has 1 aliphatic heterocycles. The number of para-hydroxylation sites is 1. The standard InChI is InChI=1S/C18H15ClFN3O4S/c1-26-16-5-3-2-4-13(16)17-21-18(27-22-17)11-9-23(10-11)28(24,25)12-6-7-15(20)14(19)8-12/h2-8,11H,9-10H2,1H3. The van der Waals surface area contributed by atoms with Crippen molar-refractivity contribution in [2.24, 2.45) is 0 Å². The molecule has 3 aromatic rings. The number of methoxy groups -OCH3 is 1. The van der Waals surface area contributed by atoms with Gasteiger partial charge in [0.05, 0.1) is 28.5 Å². The van der Waals surface area contributed by atoms with Crippen molar-refractivity contribution in [1.29, 1.82) is 0 Å². The summed E-state index contributed by atoms with van der Waals surface area (Å²) in [5.74, 6) is 0.447. The summed E-state index contributed by atoms with van der Waals surface area (Å²) in [5, 5.41) is 3.73. The Kier molecular flexibility index (Phi) is 4.82. The van der Waals surface area contributed by atoms with E-state index in [9.17, 15) is 12.8 Å². The van der Waals surface area contributed by atoms with E-state index in [1.165, 1.54) is 10.4 Å². The lowest BCUT2D eigenvalue weighted by Gasteiger charge is -2.35. The average molecular weight is 424 g/mol. The van der Waals surface area contributed by atoms with Crippen LogP contribution in [0.3, 0.4) is 0 Å². The van der Waals surface area contributed by atoms with Crippen LogP contribution in [-0.2, 0) is 10.0 Å². The smallest absolute Gasteiger partial charge is 0.243 e. The number of nitrogens with zero attached hydrogens (tertiary/aromatic N) is 3. The molecule has 0 unspecified atom stereocenters. The highest BCUT2D eigenvalue weighted by Crippen LogP contribution is 2.34. The minimum Gasteiger partial charge on any atom is -0.496 e. The fourth-order valence-corrected chi connectivity index (χ4v) is 4.72. The quantitative estimate of drug-likeness (QED) is 0.625. The predicted octanol–water partition coefficient (Wildman–Crippen LogP) is 3.33. The number of rotatable bonds is 5. The molecule has 0 atom stereocenters. The molecule has 2 heterocycles. The molecule has 0 aliphatic carbocycles. The van der Waals surface area contributed by atoms with Crippen LogP contribution in [-0.4, -0.2) is 43.1 Å². The number of ether oxygens (including phenoxy) is 1. The van der Waals surface area contributed by atoms with E-state index in [0.29, 0.717) is 23.0 Å². The van der Waals surface area contributed by atoms with Crippen LogP contribution in [0.1, 0.15) is 11.8 Å². The molecule has 4 rings (SSSR count). The zero-order chi connectivity index (χ0) is 19.9. The third kappa shape index (κ3) is 3.25. The zero-order valence-corrected chi connectivity index (χ0v) is 16.2. The fraction of sp³-hybridized carbons (Fsp3) is 0.222. The number of halogens is 2. The summed E-state index contributed by atoms with van der Waals surface area (Å²) in [6.45, 7) is 0.371. The van der Waals surface area contributed by atoms with Gasteiger partial charge in [-0.25, -0.2) is 12.8 Å². The van der Waals surface area contributed by atoms with E-state index in [1.54, 1.807) is 13.2 Å². The van der Waals surface area contributed by atoms with E-state index in [1.807, 2.05) is 18.2 Å². The molecule has 10 heteroatoms. The molecule has 1 aliphatic rings. The number of hydrogen-bond donors (Lipinski definition) is 0. The van der Waals surface area contributed by atoms with E-state index in [4.69, 9.17) is 20.9 Å². The van der Waals surface area contributed by atoms with E-state index in [0.717, 1.165) is 12.1 Å². The summed E-state index contributed by atoms with van der Waals surface area (Å²) >= 11 is 5.69. The molecule has 0 saturated carbocycles. The second-order valence-corrected chi connectivity index (χ2v) is 8.60. The summed E-state index contributed by atoms with van der Waals surface area (Å²) in [5.41, 5.74) is 0.685. The van der Waals surface area contributed by atoms with Crippen molar-refractivity contribution in [2.75, 3.05) is 20.2 Å². The van der Waals surface area contributed by atoms with Gasteiger partial charge in [0.15, 0.2) is 0 Å². The highest BCUT2D eigenvalue weighted by molar-refractivity contribution is 7.89. The molecule has 1 aromatic heterocycles. The summed E-state index contributed by atoms with van der Waals surface area (Å²) in [4.78, 5) is 4.32. The van der Waals surface area contributed by atoms with Crippen LogP contribution in [0.15, 0.2) is 51.9 Å². The van der Waals surface area contributed by atoms with Crippen molar-refractivity contribution < 1.29 is 22.1 Å². The third-order valence-electron chi connectivity index (χ3n) is 4.52. The predicted molar refractivity (Wildman–Crippen MR) is 99.2 cm³/mol. The topological polar surface area (TPSA) is 85.5 Å². The minimum atomic E-state index is -3.77. The first-order valence-corrected chi connectivity index (χ1v) is 10.1. The minimum absolute atomic E-state index is 0.0578. The second-order valence-electron chi connectivity index (χ2n) is 6.25. The van der Waals surface area contributed by atoms with Gasteiger partial charge in [-0.2, -0.15) is 9.29 Å². The van der Waals surface area contributed by atoms with Crippen molar-refractivity contribution in [3.63, 3.8) is 0 Å². The Hall–Kier alpha value is -2.49. The van der Waals surface area contributed by atoms with E-state index >= 15 is 0 Å². The molecule has 1 saturated heterocycles. The highest BCUT2D eigenvalue weighted by atomic mass is 35.5. The molecule has 1 fully saturated rings. The highest BCUT2D eigenvalue weighted by Gasteiger charge is 2.40. The molecule has 0 radical (unpaired) electrons. The maximum atomic E-state index is 13.3. The molecule has 2 aromatic carbocycles. The Morgan fingerprint density at radius 1 is 1.25 bits per heavy atom. The fourth-order valence-electron chi connectivity index (χ4n) is 2.92. The average Bonchev–Trinajstić information content (AvgIpc) is 3.11. The summed E-state index contributed by atoms with van der Waals surface area (Å²) in [6.07, 6.45) is 0. The monoisotopic (exact) mass is 423 g/mol. The van der Waals surface area contributed by atoms with Gasteiger partial charge in [0.25, 0.3) is 0 Å². The van der Waals surface area contributed by atoms with Crippen LogP contribution in [0.4, 0.5) is 4.39 Å². The van der Waals surface area contributed by atoms with Gasteiger partial charge in [-0.15, -0.1) is 0 Å². The maximum absolute atomic E-state index is 13.3. The van der Waals surface area contributed by atoms with Crippen molar-refractivity contribution in [1.82, 2.24) is 14.4 Å². The van der Waals surface area contributed by atoms with Gasteiger partial charge in [0.1, 0.15) is 11.6 Å². The molecule has 28 heavy (non-hydrogen) atoms. The molecular weight excluding hydrogens is 409 g/mol. The third-order valence-corrected chi connectivity index (χ3v) is 6.63. The first-order chi connectivity index (χ1) is 13.4. The van der Waals surface area contributed by atoms with E-state index in [-0.39, 0.29) is 28.9 Å². The normalized spacial score (nSPS) is 15.4. The van der Waals surface area contributed by atoms with Crippen molar-refractivity contribution in [2.45, 2.75) is 10.8 Å². The number of aromatic nitrogens is 2. The van der Waals surface area contributed by atoms with Gasteiger partial charge in [0.2, 0.25) is 21.7 Å². The first-order valence-electron chi connectivity index (χ1n) is 8.32. The SMILES string of the molecule is COc1ccccc1-c1noc(C2CN(S(=O)(=O)c3ccc(F)c(Cl)c3)C2)n1. The Bertz CT molecular complexity index is 1130. The molecule has 0 N–H and O–H groups in total. The van der Waals surface area contributed by atoms with Crippen LogP contribution in [0, 0.1) is 5.82 Å². The summed E-state index contributed by atoms with van der Waals surface area (Å²) < 4.78 is 50.4. The van der Waals surface area contributed by atoms with Crippen molar-refractivity contribution >= 4 is 21.6 Å². The molecule has 7 nitrogen and oxygen atoms in total. The second kappa shape index (κ2) is 7.16. The van der Waals surface area contributed by atoms with Crippen LogP contribution in [0.25, 0.3) is 11.4 Å².